The normalized spacial score (nSPS) is 10.3. The maximum atomic E-state index is 11.9. The predicted octanol–water partition coefficient (Wildman–Crippen LogP) is 2.09. The first-order chi connectivity index (χ1) is 11.2. The summed E-state index contributed by atoms with van der Waals surface area (Å²) in [6.07, 6.45) is 0. The van der Waals surface area contributed by atoms with E-state index in [0.29, 0.717) is 18.8 Å². The summed E-state index contributed by atoms with van der Waals surface area (Å²) in [6, 6.07) is 15.1. The molecule has 0 bridgehead atoms. The molecule has 2 aromatic carbocycles. The molecule has 0 radical (unpaired) electrons. The molecular weight excluding hydrogens is 292 g/mol. The van der Waals surface area contributed by atoms with Gasteiger partial charge in [0.1, 0.15) is 5.75 Å². The second kappa shape index (κ2) is 8.92. The van der Waals surface area contributed by atoms with Gasteiger partial charge in [-0.1, -0.05) is 29.8 Å². The van der Waals surface area contributed by atoms with Crippen LogP contribution in [0, 0.1) is 6.92 Å². The fraction of sp³-hybridized carbons (Fsp3) is 0.278. The van der Waals surface area contributed by atoms with Crippen LogP contribution in [0.25, 0.3) is 0 Å². The van der Waals surface area contributed by atoms with E-state index in [0.717, 1.165) is 16.8 Å². The van der Waals surface area contributed by atoms with Crippen LogP contribution < -0.4 is 15.4 Å². The van der Waals surface area contributed by atoms with Crippen molar-refractivity contribution >= 4 is 11.6 Å². The third kappa shape index (κ3) is 6.10. The molecular formula is C18H22N2O3. The molecule has 0 aliphatic rings. The molecule has 0 unspecified atom stereocenters. The van der Waals surface area contributed by atoms with Crippen LogP contribution in [-0.4, -0.2) is 30.8 Å². The number of amides is 1. The van der Waals surface area contributed by atoms with E-state index in [2.05, 4.69) is 10.6 Å². The van der Waals surface area contributed by atoms with Crippen molar-refractivity contribution in [3.63, 3.8) is 0 Å². The lowest BCUT2D eigenvalue weighted by molar-refractivity contribution is -0.118. The monoisotopic (exact) mass is 314 g/mol. The highest BCUT2D eigenvalue weighted by atomic mass is 16.5. The van der Waals surface area contributed by atoms with Crippen LogP contribution in [0.1, 0.15) is 11.1 Å². The molecule has 2 rings (SSSR count). The van der Waals surface area contributed by atoms with Crippen molar-refractivity contribution in [2.45, 2.75) is 13.5 Å². The number of carbonyl (C=O) groups is 1. The van der Waals surface area contributed by atoms with Crippen molar-refractivity contribution in [1.82, 2.24) is 5.32 Å². The van der Waals surface area contributed by atoms with Gasteiger partial charge in [0, 0.05) is 18.8 Å². The number of rotatable bonds is 8. The molecule has 5 heteroatoms. The van der Waals surface area contributed by atoms with Gasteiger partial charge in [0.15, 0.2) is 6.61 Å². The second-order valence-corrected chi connectivity index (χ2v) is 5.25. The Morgan fingerprint density at radius 3 is 2.70 bits per heavy atom. The van der Waals surface area contributed by atoms with E-state index in [9.17, 15) is 4.79 Å². The molecule has 1 amide bonds. The SMILES string of the molecule is Cc1ccc(NC(=O)COc2cccc(CNCCO)c2)cc1. The van der Waals surface area contributed by atoms with E-state index in [1.165, 1.54) is 0 Å². The Bertz CT molecular complexity index is 626. The van der Waals surface area contributed by atoms with Crippen molar-refractivity contribution in [2.24, 2.45) is 0 Å². The number of aliphatic hydroxyl groups excluding tert-OH is 1. The van der Waals surface area contributed by atoms with Crippen molar-refractivity contribution in [3.05, 3.63) is 59.7 Å². The van der Waals surface area contributed by atoms with Crippen molar-refractivity contribution in [3.8, 4) is 5.75 Å². The van der Waals surface area contributed by atoms with E-state index < -0.39 is 0 Å². The van der Waals surface area contributed by atoms with Crippen LogP contribution in [0.5, 0.6) is 5.75 Å². The molecule has 0 aliphatic carbocycles. The van der Waals surface area contributed by atoms with Gasteiger partial charge in [0.05, 0.1) is 6.61 Å². The molecule has 0 aliphatic heterocycles. The Morgan fingerprint density at radius 1 is 1.17 bits per heavy atom. The molecule has 0 aromatic heterocycles. The van der Waals surface area contributed by atoms with E-state index in [-0.39, 0.29) is 19.1 Å². The number of ether oxygens (including phenoxy) is 1. The average Bonchev–Trinajstić information content (AvgIpc) is 2.56. The first kappa shape index (κ1) is 17.0. The number of nitrogens with one attached hydrogen (secondary N) is 2. The largest absolute Gasteiger partial charge is 0.484 e. The predicted molar refractivity (Wildman–Crippen MR) is 90.5 cm³/mol. The molecule has 0 saturated carbocycles. The Balaban J connectivity index is 1.81. The van der Waals surface area contributed by atoms with Crippen LogP contribution in [0.3, 0.4) is 0 Å². The Labute approximate surface area is 136 Å². The maximum Gasteiger partial charge on any atom is 0.262 e. The standard InChI is InChI=1S/C18H22N2O3/c1-14-5-7-16(8-6-14)20-18(22)13-23-17-4-2-3-15(11-17)12-19-9-10-21/h2-8,11,19,21H,9-10,12-13H2,1H3,(H,20,22). The molecule has 0 atom stereocenters. The lowest BCUT2D eigenvalue weighted by Crippen LogP contribution is -2.20. The zero-order valence-corrected chi connectivity index (χ0v) is 13.2. The van der Waals surface area contributed by atoms with Gasteiger partial charge in [-0.05, 0) is 36.8 Å². The van der Waals surface area contributed by atoms with Crippen molar-refractivity contribution < 1.29 is 14.6 Å². The van der Waals surface area contributed by atoms with Gasteiger partial charge in [0.2, 0.25) is 0 Å². The van der Waals surface area contributed by atoms with Gasteiger partial charge < -0.3 is 20.5 Å². The van der Waals surface area contributed by atoms with Crippen LogP contribution in [0.2, 0.25) is 0 Å². The quantitative estimate of drug-likeness (QED) is 0.653. The summed E-state index contributed by atoms with van der Waals surface area (Å²) in [5.41, 5.74) is 2.94. The van der Waals surface area contributed by atoms with Gasteiger partial charge in [-0.3, -0.25) is 4.79 Å². The third-order valence-corrected chi connectivity index (χ3v) is 3.22. The summed E-state index contributed by atoms with van der Waals surface area (Å²) in [5, 5.41) is 14.6. The van der Waals surface area contributed by atoms with Gasteiger partial charge in [-0.15, -0.1) is 0 Å². The van der Waals surface area contributed by atoms with Crippen LogP contribution in [0.15, 0.2) is 48.5 Å². The molecule has 2 aromatic rings. The van der Waals surface area contributed by atoms with E-state index in [1.807, 2.05) is 55.5 Å². The smallest absolute Gasteiger partial charge is 0.262 e. The van der Waals surface area contributed by atoms with Crippen molar-refractivity contribution in [1.29, 1.82) is 0 Å². The Hall–Kier alpha value is -2.37. The molecule has 122 valence electrons. The van der Waals surface area contributed by atoms with Gasteiger partial charge in [0.25, 0.3) is 5.91 Å². The number of carbonyl (C=O) groups excluding carboxylic acids is 1. The summed E-state index contributed by atoms with van der Waals surface area (Å²) in [4.78, 5) is 11.9. The molecule has 5 nitrogen and oxygen atoms in total. The summed E-state index contributed by atoms with van der Waals surface area (Å²) >= 11 is 0. The Morgan fingerprint density at radius 2 is 1.96 bits per heavy atom. The van der Waals surface area contributed by atoms with Crippen LogP contribution >= 0.6 is 0 Å². The summed E-state index contributed by atoms with van der Waals surface area (Å²) in [5.74, 6) is 0.449. The lowest BCUT2D eigenvalue weighted by atomic mass is 10.2. The first-order valence-corrected chi connectivity index (χ1v) is 7.57. The fourth-order valence-electron chi connectivity index (χ4n) is 2.04. The van der Waals surface area contributed by atoms with Crippen LogP contribution in [-0.2, 0) is 11.3 Å². The zero-order chi connectivity index (χ0) is 16.5. The average molecular weight is 314 g/mol. The maximum absolute atomic E-state index is 11.9. The second-order valence-electron chi connectivity index (χ2n) is 5.25. The number of aryl methyl sites for hydroxylation is 1. The number of hydrogen-bond donors (Lipinski definition) is 3. The van der Waals surface area contributed by atoms with Crippen LogP contribution in [0.4, 0.5) is 5.69 Å². The van der Waals surface area contributed by atoms with Crippen molar-refractivity contribution in [2.75, 3.05) is 25.1 Å². The highest BCUT2D eigenvalue weighted by Crippen LogP contribution is 2.14. The highest BCUT2D eigenvalue weighted by molar-refractivity contribution is 5.91. The minimum absolute atomic E-state index is 0.0403. The molecule has 0 spiro atoms. The Kier molecular flexibility index (Phi) is 6.59. The lowest BCUT2D eigenvalue weighted by Gasteiger charge is -2.09. The van der Waals surface area contributed by atoms with E-state index >= 15 is 0 Å². The summed E-state index contributed by atoms with van der Waals surface area (Å²) in [7, 11) is 0. The van der Waals surface area contributed by atoms with E-state index in [1.54, 1.807) is 0 Å². The minimum atomic E-state index is -0.197. The molecule has 3 N–H and O–H groups in total. The fourth-order valence-corrected chi connectivity index (χ4v) is 2.04. The molecule has 23 heavy (non-hydrogen) atoms. The third-order valence-electron chi connectivity index (χ3n) is 3.22. The minimum Gasteiger partial charge on any atom is -0.484 e. The summed E-state index contributed by atoms with van der Waals surface area (Å²) in [6.45, 7) is 3.26. The van der Waals surface area contributed by atoms with Gasteiger partial charge in [-0.25, -0.2) is 0 Å². The van der Waals surface area contributed by atoms with Gasteiger partial charge >= 0.3 is 0 Å². The molecule has 0 saturated heterocycles. The molecule has 0 heterocycles. The van der Waals surface area contributed by atoms with E-state index in [4.69, 9.17) is 9.84 Å². The first-order valence-electron chi connectivity index (χ1n) is 7.57. The number of benzene rings is 2. The van der Waals surface area contributed by atoms with Gasteiger partial charge in [-0.2, -0.15) is 0 Å². The zero-order valence-electron chi connectivity index (χ0n) is 13.2. The number of hydrogen-bond acceptors (Lipinski definition) is 4. The topological polar surface area (TPSA) is 70.6 Å². The molecule has 0 fully saturated rings. The number of anilines is 1. The summed E-state index contributed by atoms with van der Waals surface area (Å²) < 4.78 is 5.52. The highest BCUT2D eigenvalue weighted by Gasteiger charge is 2.04. The number of aliphatic hydroxyl groups is 1.